The maximum absolute atomic E-state index is 13.3. The van der Waals surface area contributed by atoms with E-state index in [4.69, 9.17) is 0 Å². The van der Waals surface area contributed by atoms with Gasteiger partial charge in [0.05, 0.1) is 5.92 Å². The van der Waals surface area contributed by atoms with Crippen molar-refractivity contribution in [3.8, 4) is 0 Å². The number of para-hydroxylation sites is 1. The molecule has 0 aliphatic rings. The lowest BCUT2D eigenvalue weighted by molar-refractivity contribution is -0.142. The molecule has 3 aromatic carbocycles. The molecule has 3 N–H and O–H groups in total. The minimum atomic E-state index is -1.10. The molecule has 0 bridgehead atoms. The van der Waals surface area contributed by atoms with Crippen LogP contribution >= 0.6 is 11.8 Å². The highest BCUT2D eigenvalue weighted by molar-refractivity contribution is 8.14. The number of aliphatic carboxylic acids is 1. The molecule has 0 saturated carbocycles. The molecule has 0 saturated heterocycles. The lowest BCUT2D eigenvalue weighted by Crippen LogP contribution is -2.46. The Bertz CT molecular complexity index is 1300. The molecule has 0 aliphatic carbocycles. The predicted molar refractivity (Wildman–Crippen MR) is 138 cm³/mol. The van der Waals surface area contributed by atoms with E-state index in [1.54, 1.807) is 30.5 Å². The first-order valence-electron chi connectivity index (χ1n) is 11.4. The first kappa shape index (κ1) is 24.3. The van der Waals surface area contributed by atoms with Gasteiger partial charge in [-0.25, -0.2) is 4.79 Å². The minimum Gasteiger partial charge on any atom is -0.480 e. The van der Waals surface area contributed by atoms with Crippen LogP contribution in [0.3, 0.4) is 0 Å². The van der Waals surface area contributed by atoms with Crippen LogP contribution in [-0.2, 0) is 22.4 Å². The van der Waals surface area contributed by atoms with Gasteiger partial charge >= 0.3 is 5.97 Å². The third kappa shape index (κ3) is 6.39. The van der Waals surface area contributed by atoms with Gasteiger partial charge in [0.25, 0.3) is 0 Å². The van der Waals surface area contributed by atoms with Crippen LogP contribution in [0, 0.1) is 5.92 Å². The number of hydrogen-bond donors (Lipinski definition) is 3. The number of H-pyrrole nitrogens is 1. The molecule has 4 aromatic rings. The Morgan fingerprint density at radius 3 is 2.23 bits per heavy atom. The Kier molecular flexibility index (Phi) is 8.00. The van der Waals surface area contributed by atoms with Crippen LogP contribution in [-0.4, -0.2) is 38.9 Å². The molecule has 1 unspecified atom stereocenters. The SMILES string of the molecule is O=C(SCC(Cc1ccccc1)C(=O)N[C@@H](Cc1c[nH]c2ccccc12)C(=O)O)c1ccccc1. The van der Waals surface area contributed by atoms with E-state index in [9.17, 15) is 19.5 Å². The Hall–Kier alpha value is -3.84. The van der Waals surface area contributed by atoms with Crippen molar-refractivity contribution in [1.82, 2.24) is 10.3 Å². The molecule has 0 spiro atoms. The zero-order valence-corrected chi connectivity index (χ0v) is 19.8. The fourth-order valence-corrected chi connectivity index (χ4v) is 4.89. The van der Waals surface area contributed by atoms with Gasteiger partial charge in [-0.2, -0.15) is 0 Å². The van der Waals surface area contributed by atoms with Crippen LogP contribution < -0.4 is 5.32 Å². The maximum atomic E-state index is 13.3. The Morgan fingerprint density at radius 1 is 0.857 bits per heavy atom. The second kappa shape index (κ2) is 11.5. The van der Waals surface area contributed by atoms with Crippen molar-refractivity contribution in [2.75, 3.05) is 5.75 Å². The van der Waals surface area contributed by atoms with Crippen molar-refractivity contribution < 1.29 is 19.5 Å². The highest BCUT2D eigenvalue weighted by atomic mass is 32.2. The van der Waals surface area contributed by atoms with Crippen LogP contribution in [0.1, 0.15) is 21.5 Å². The smallest absolute Gasteiger partial charge is 0.326 e. The van der Waals surface area contributed by atoms with Gasteiger partial charge in [0.2, 0.25) is 11.0 Å². The molecule has 1 heterocycles. The largest absolute Gasteiger partial charge is 0.480 e. The highest BCUT2D eigenvalue weighted by Crippen LogP contribution is 2.21. The summed E-state index contributed by atoms with van der Waals surface area (Å²) < 4.78 is 0. The summed E-state index contributed by atoms with van der Waals surface area (Å²) in [5, 5.41) is 13.4. The molecule has 1 aromatic heterocycles. The minimum absolute atomic E-state index is 0.120. The molecule has 0 radical (unpaired) electrons. The summed E-state index contributed by atoms with van der Waals surface area (Å²) in [6.45, 7) is 0. The number of carboxylic acids is 1. The van der Waals surface area contributed by atoms with Gasteiger partial charge in [-0.05, 0) is 23.6 Å². The first-order valence-corrected chi connectivity index (χ1v) is 12.3. The predicted octanol–water partition coefficient (Wildman–Crippen LogP) is 4.71. The number of aromatic amines is 1. The summed E-state index contributed by atoms with van der Waals surface area (Å²) in [5.74, 6) is -1.81. The standard InChI is InChI=1S/C28H26N2O4S/c31-26(30-25(27(32)33)16-21-17-29-24-14-8-7-13-23(21)24)22(15-19-9-3-1-4-10-19)18-35-28(34)20-11-5-2-6-12-20/h1-14,17,22,25,29H,15-16,18H2,(H,30,31)(H,32,33)/t22?,25-/m0/s1. The van der Waals surface area contributed by atoms with E-state index in [0.29, 0.717) is 12.0 Å². The van der Waals surface area contributed by atoms with Crippen LogP contribution in [0.2, 0.25) is 0 Å². The molecule has 4 rings (SSSR count). The third-order valence-corrected chi connectivity index (χ3v) is 6.90. The number of carbonyl (C=O) groups excluding carboxylic acids is 2. The van der Waals surface area contributed by atoms with Crippen molar-refractivity contribution in [2.24, 2.45) is 5.92 Å². The lowest BCUT2D eigenvalue weighted by Gasteiger charge is -2.20. The second-order valence-corrected chi connectivity index (χ2v) is 9.31. The van der Waals surface area contributed by atoms with Crippen LogP contribution in [0.25, 0.3) is 10.9 Å². The Morgan fingerprint density at radius 2 is 1.51 bits per heavy atom. The summed E-state index contributed by atoms with van der Waals surface area (Å²) in [6, 6.07) is 25.0. The van der Waals surface area contributed by atoms with Gasteiger partial charge in [0.15, 0.2) is 0 Å². The van der Waals surface area contributed by atoms with Gasteiger partial charge < -0.3 is 15.4 Å². The topological polar surface area (TPSA) is 99.3 Å². The molecule has 1 amide bonds. The van der Waals surface area contributed by atoms with Crippen LogP contribution in [0.15, 0.2) is 91.1 Å². The summed E-state index contributed by atoms with van der Waals surface area (Å²) in [6.07, 6.45) is 2.34. The fraction of sp³-hybridized carbons (Fsp3) is 0.179. The normalized spacial score (nSPS) is 12.7. The molecule has 2 atom stereocenters. The van der Waals surface area contributed by atoms with E-state index < -0.39 is 17.9 Å². The number of aromatic nitrogens is 1. The van der Waals surface area contributed by atoms with Crippen molar-refractivity contribution in [3.63, 3.8) is 0 Å². The van der Waals surface area contributed by atoms with Crippen molar-refractivity contribution in [2.45, 2.75) is 18.9 Å². The molecular weight excluding hydrogens is 460 g/mol. The van der Waals surface area contributed by atoms with Crippen molar-refractivity contribution in [3.05, 3.63) is 108 Å². The van der Waals surface area contributed by atoms with Gasteiger partial charge in [-0.3, -0.25) is 9.59 Å². The molecule has 178 valence electrons. The highest BCUT2D eigenvalue weighted by Gasteiger charge is 2.27. The molecule has 6 nitrogen and oxygen atoms in total. The van der Waals surface area contributed by atoms with Crippen molar-refractivity contribution in [1.29, 1.82) is 0 Å². The number of carboxylic acid groups (broad SMARTS) is 1. The van der Waals surface area contributed by atoms with Gasteiger partial charge in [-0.15, -0.1) is 0 Å². The number of thioether (sulfide) groups is 1. The maximum Gasteiger partial charge on any atom is 0.326 e. The summed E-state index contributed by atoms with van der Waals surface area (Å²) in [7, 11) is 0. The van der Waals surface area contributed by atoms with E-state index >= 15 is 0 Å². The van der Waals surface area contributed by atoms with E-state index in [0.717, 1.165) is 33.8 Å². The van der Waals surface area contributed by atoms with E-state index in [2.05, 4.69) is 10.3 Å². The zero-order chi connectivity index (χ0) is 24.6. The van der Waals surface area contributed by atoms with Crippen molar-refractivity contribution >= 4 is 39.7 Å². The number of nitrogens with one attached hydrogen (secondary N) is 2. The average Bonchev–Trinajstić information content (AvgIpc) is 3.29. The number of amides is 1. The zero-order valence-electron chi connectivity index (χ0n) is 19.0. The lowest BCUT2D eigenvalue weighted by atomic mass is 9.99. The molecule has 7 heteroatoms. The molecule has 35 heavy (non-hydrogen) atoms. The Balaban J connectivity index is 1.48. The summed E-state index contributed by atoms with van der Waals surface area (Å²) >= 11 is 1.08. The summed E-state index contributed by atoms with van der Waals surface area (Å²) in [5.41, 5.74) is 3.25. The molecule has 0 aliphatic heterocycles. The number of hydrogen-bond acceptors (Lipinski definition) is 4. The number of benzene rings is 3. The average molecular weight is 487 g/mol. The van der Waals surface area contributed by atoms with Gasteiger partial charge in [0, 0.05) is 34.8 Å². The first-order chi connectivity index (χ1) is 17.0. The van der Waals surface area contributed by atoms with Crippen LogP contribution in [0.4, 0.5) is 0 Å². The van der Waals surface area contributed by atoms with E-state index in [1.165, 1.54) is 0 Å². The number of carbonyl (C=O) groups is 3. The quantitative estimate of drug-likeness (QED) is 0.301. The van der Waals surface area contributed by atoms with E-state index in [1.807, 2.05) is 60.7 Å². The Labute approximate surface area is 207 Å². The molecule has 0 fully saturated rings. The second-order valence-electron chi connectivity index (χ2n) is 8.31. The fourth-order valence-electron chi connectivity index (χ4n) is 3.97. The number of rotatable bonds is 10. The summed E-state index contributed by atoms with van der Waals surface area (Å²) in [4.78, 5) is 41.1. The van der Waals surface area contributed by atoms with E-state index in [-0.39, 0.29) is 23.2 Å². The molecular formula is C28H26N2O4S. The third-order valence-electron chi connectivity index (χ3n) is 5.83. The number of fused-ring (bicyclic) bond motifs is 1. The van der Waals surface area contributed by atoms with Gasteiger partial charge in [-0.1, -0.05) is 90.6 Å². The van der Waals surface area contributed by atoms with Crippen LogP contribution in [0.5, 0.6) is 0 Å². The monoisotopic (exact) mass is 486 g/mol. The van der Waals surface area contributed by atoms with Gasteiger partial charge in [0.1, 0.15) is 6.04 Å².